The van der Waals surface area contributed by atoms with Gasteiger partial charge in [-0.3, -0.25) is 9.59 Å². The zero-order valence-corrected chi connectivity index (χ0v) is 22.4. The van der Waals surface area contributed by atoms with Crippen molar-refractivity contribution in [2.75, 3.05) is 6.54 Å². The molecule has 36 heavy (non-hydrogen) atoms. The molecule has 0 aliphatic rings. The lowest BCUT2D eigenvalue weighted by atomic mass is 10.0. The molecule has 0 unspecified atom stereocenters. The highest BCUT2D eigenvalue weighted by molar-refractivity contribution is 5.86. The predicted octanol–water partition coefficient (Wildman–Crippen LogP) is 4.52. The zero-order valence-electron chi connectivity index (χ0n) is 22.4. The molecule has 0 saturated heterocycles. The van der Waals surface area contributed by atoms with Crippen LogP contribution in [0.2, 0.25) is 0 Å². The maximum Gasteiger partial charge on any atom is 0.326 e. The Morgan fingerprint density at radius 3 is 1.44 bits per heavy atom. The molecule has 0 heterocycles. The average Bonchev–Trinajstić information content (AvgIpc) is 2.83. The van der Waals surface area contributed by atoms with E-state index in [9.17, 15) is 29.4 Å². The number of carbonyl (C=O) groups excluding carboxylic acids is 2. The molecule has 0 spiro atoms. The summed E-state index contributed by atoms with van der Waals surface area (Å²) in [6.45, 7) is 2.68. The fourth-order valence-electron chi connectivity index (χ4n) is 4.12. The van der Waals surface area contributed by atoms with E-state index in [0.717, 1.165) is 19.3 Å². The lowest BCUT2D eigenvalue weighted by Crippen LogP contribution is -2.43. The molecule has 9 nitrogen and oxygen atoms in total. The van der Waals surface area contributed by atoms with Gasteiger partial charge < -0.3 is 26.6 Å². The van der Waals surface area contributed by atoms with Crippen molar-refractivity contribution in [3.63, 3.8) is 0 Å². The molecule has 0 saturated carbocycles. The lowest BCUT2D eigenvalue weighted by molar-refractivity contribution is -0.143. The molecule has 0 aliphatic carbocycles. The van der Waals surface area contributed by atoms with E-state index in [4.69, 9.17) is 5.73 Å². The number of carboxylic acids is 2. The second-order valence-electron chi connectivity index (χ2n) is 9.73. The SMILES string of the molecule is CCCCCCCCCCCCCCCC(=O)N[C@@H](CCC(=O)N[C@@H](CCCCN)C(=O)O)C(=O)O. The quantitative estimate of drug-likeness (QED) is 0.112. The van der Waals surface area contributed by atoms with Crippen LogP contribution >= 0.6 is 0 Å². The highest BCUT2D eigenvalue weighted by Crippen LogP contribution is 2.13. The minimum atomic E-state index is -1.21. The van der Waals surface area contributed by atoms with Gasteiger partial charge in [0.25, 0.3) is 0 Å². The number of nitrogens with one attached hydrogen (secondary N) is 2. The van der Waals surface area contributed by atoms with E-state index in [1.807, 2.05) is 0 Å². The van der Waals surface area contributed by atoms with Crippen LogP contribution in [0.4, 0.5) is 0 Å². The zero-order chi connectivity index (χ0) is 27.0. The van der Waals surface area contributed by atoms with E-state index >= 15 is 0 Å². The normalized spacial score (nSPS) is 12.6. The molecule has 0 aromatic heterocycles. The van der Waals surface area contributed by atoms with Crippen LogP contribution in [-0.4, -0.2) is 52.6 Å². The summed E-state index contributed by atoms with van der Waals surface area (Å²) >= 11 is 0. The largest absolute Gasteiger partial charge is 0.480 e. The van der Waals surface area contributed by atoms with Gasteiger partial charge in [0.05, 0.1) is 0 Å². The van der Waals surface area contributed by atoms with Gasteiger partial charge in [-0.1, -0.05) is 84.0 Å². The maximum absolute atomic E-state index is 12.2. The van der Waals surface area contributed by atoms with Crippen molar-refractivity contribution in [3.8, 4) is 0 Å². The van der Waals surface area contributed by atoms with Crippen molar-refractivity contribution in [3.05, 3.63) is 0 Å². The summed E-state index contributed by atoms with van der Waals surface area (Å²) in [7, 11) is 0. The van der Waals surface area contributed by atoms with Crippen LogP contribution in [0.15, 0.2) is 0 Å². The fourth-order valence-corrected chi connectivity index (χ4v) is 4.12. The van der Waals surface area contributed by atoms with Gasteiger partial charge in [-0.15, -0.1) is 0 Å². The molecule has 0 aromatic rings. The van der Waals surface area contributed by atoms with E-state index in [1.54, 1.807) is 0 Å². The van der Waals surface area contributed by atoms with Crippen LogP contribution < -0.4 is 16.4 Å². The van der Waals surface area contributed by atoms with Crippen molar-refractivity contribution in [2.24, 2.45) is 5.73 Å². The fraction of sp³-hybridized carbons (Fsp3) is 0.852. The Kier molecular flexibility index (Phi) is 21.9. The third-order valence-electron chi connectivity index (χ3n) is 6.38. The molecule has 0 aromatic carbocycles. The van der Waals surface area contributed by atoms with Gasteiger partial charge in [-0.25, -0.2) is 9.59 Å². The summed E-state index contributed by atoms with van der Waals surface area (Å²) in [5.74, 6) is -3.23. The maximum atomic E-state index is 12.2. The molecule has 210 valence electrons. The van der Waals surface area contributed by atoms with E-state index < -0.39 is 29.9 Å². The number of hydrogen-bond donors (Lipinski definition) is 5. The van der Waals surface area contributed by atoms with Gasteiger partial charge in [0.15, 0.2) is 0 Å². The number of nitrogens with two attached hydrogens (primary N) is 1. The highest BCUT2D eigenvalue weighted by Gasteiger charge is 2.23. The van der Waals surface area contributed by atoms with Gasteiger partial charge in [0, 0.05) is 12.8 Å². The van der Waals surface area contributed by atoms with Crippen molar-refractivity contribution in [1.82, 2.24) is 10.6 Å². The number of carbonyl (C=O) groups is 4. The summed E-state index contributed by atoms with van der Waals surface area (Å²) in [5, 5.41) is 23.5. The van der Waals surface area contributed by atoms with Gasteiger partial charge in [-0.2, -0.15) is 0 Å². The third-order valence-corrected chi connectivity index (χ3v) is 6.38. The average molecular weight is 514 g/mol. The predicted molar refractivity (Wildman–Crippen MR) is 142 cm³/mol. The topological polar surface area (TPSA) is 159 Å². The number of carboxylic acid groups (broad SMARTS) is 2. The van der Waals surface area contributed by atoms with Crippen molar-refractivity contribution in [1.29, 1.82) is 0 Å². The Morgan fingerprint density at radius 1 is 0.583 bits per heavy atom. The van der Waals surface area contributed by atoms with Gasteiger partial charge in [-0.05, 0) is 38.6 Å². The van der Waals surface area contributed by atoms with Crippen LogP contribution in [0.3, 0.4) is 0 Å². The molecule has 2 atom stereocenters. The van der Waals surface area contributed by atoms with E-state index in [1.165, 1.54) is 57.8 Å². The summed E-state index contributed by atoms with van der Waals surface area (Å²) in [6, 6.07) is -2.21. The Bertz CT molecular complexity index is 614. The van der Waals surface area contributed by atoms with Crippen LogP contribution in [0, 0.1) is 0 Å². The van der Waals surface area contributed by atoms with Crippen LogP contribution in [0.25, 0.3) is 0 Å². The van der Waals surface area contributed by atoms with Crippen molar-refractivity contribution in [2.45, 2.75) is 141 Å². The molecule has 0 bridgehead atoms. The molecular weight excluding hydrogens is 462 g/mol. The first kappa shape index (κ1) is 33.8. The number of unbranched alkanes of at least 4 members (excludes halogenated alkanes) is 13. The monoisotopic (exact) mass is 513 g/mol. The number of rotatable bonds is 25. The van der Waals surface area contributed by atoms with Crippen LogP contribution in [0.5, 0.6) is 0 Å². The van der Waals surface area contributed by atoms with Crippen molar-refractivity contribution >= 4 is 23.8 Å². The molecule has 0 rings (SSSR count). The molecule has 2 amide bonds. The minimum absolute atomic E-state index is 0.0966. The van der Waals surface area contributed by atoms with Gasteiger partial charge in [0.2, 0.25) is 11.8 Å². The first-order chi connectivity index (χ1) is 17.3. The Labute approximate surface area is 217 Å². The van der Waals surface area contributed by atoms with E-state index in [-0.39, 0.29) is 31.6 Å². The Balaban J connectivity index is 3.98. The molecule has 0 fully saturated rings. The summed E-state index contributed by atoms with van der Waals surface area (Å²) < 4.78 is 0. The molecule has 6 N–H and O–H groups in total. The number of hydrogen-bond acceptors (Lipinski definition) is 5. The lowest BCUT2D eigenvalue weighted by Gasteiger charge is -2.17. The summed E-state index contributed by atoms with van der Waals surface area (Å²) in [4.78, 5) is 47.0. The first-order valence-electron chi connectivity index (χ1n) is 14.1. The highest BCUT2D eigenvalue weighted by atomic mass is 16.4. The number of aliphatic carboxylic acids is 2. The molecule has 0 aliphatic heterocycles. The van der Waals surface area contributed by atoms with Crippen LogP contribution in [0.1, 0.15) is 129 Å². The van der Waals surface area contributed by atoms with E-state index in [2.05, 4.69) is 17.6 Å². The Morgan fingerprint density at radius 2 is 1.00 bits per heavy atom. The van der Waals surface area contributed by atoms with Crippen molar-refractivity contribution < 1.29 is 29.4 Å². The Hall–Kier alpha value is -2.16. The molecular formula is C27H51N3O6. The second-order valence-corrected chi connectivity index (χ2v) is 9.73. The summed E-state index contributed by atoms with van der Waals surface area (Å²) in [6.07, 6.45) is 17.1. The molecule has 9 heteroatoms. The standard InChI is InChI=1S/C27H51N3O6/c1-2-3-4-5-6-7-8-9-10-11-12-13-14-18-24(31)30-23(27(35)36)19-20-25(32)29-22(26(33)34)17-15-16-21-28/h22-23H,2-21,28H2,1H3,(H,29,32)(H,30,31)(H,33,34)(H,35,36)/t22-,23-/m0/s1. The summed E-state index contributed by atoms with van der Waals surface area (Å²) in [5.41, 5.74) is 5.40. The molecule has 0 radical (unpaired) electrons. The number of amides is 2. The van der Waals surface area contributed by atoms with E-state index in [0.29, 0.717) is 25.8 Å². The third kappa shape index (κ3) is 20.1. The van der Waals surface area contributed by atoms with Gasteiger partial charge in [0.1, 0.15) is 12.1 Å². The minimum Gasteiger partial charge on any atom is -0.480 e. The van der Waals surface area contributed by atoms with Gasteiger partial charge >= 0.3 is 11.9 Å². The smallest absolute Gasteiger partial charge is 0.326 e. The first-order valence-corrected chi connectivity index (χ1v) is 14.1. The second kappa shape index (κ2) is 23.3. The van der Waals surface area contributed by atoms with Crippen LogP contribution in [-0.2, 0) is 19.2 Å².